The van der Waals surface area contributed by atoms with Crippen LogP contribution >= 0.6 is 11.6 Å². The van der Waals surface area contributed by atoms with Crippen molar-refractivity contribution in [3.8, 4) is 0 Å². The number of hydrazone groups is 1. The Morgan fingerprint density at radius 1 is 0.968 bits per heavy atom. The van der Waals surface area contributed by atoms with E-state index in [1.165, 1.54) is 9.31 Å². The second kappa shape index (κ2) is 9.38. The lowest BCUT2D eigenvalue weighted by molar-refractivity contribution is 0.200. The first kappa shape index (κ1) is 21.8. The smallest absolute Gasteiger partial charge is 0.245 e. The molecule has 0 spiro atoms. The van der Waals surface area contributed by atoms with E-state index in [-0.39, 0.29) is 5.92 Å². The first-order chi connectivity index (χ1) is 14.9. The Hall–Kier alpha value is -2.42. The highest BCUT2D eigenvalue weighted by Gasteiger charge is 2.32. The molecule has 31 heavy (non-hydrogen) atoms. The van der Waals surface area contributed by atoms with Crippen LogP contribution in [0.3, 0.4) is 0 Å². The molecule has 9 heteroatoms. The SMILES string of the molecule is O=C(NS(=O)(=O)N1CCCCC1)N1CCC(c2ccccc2)C(c2ccc(Cl)cc2)=N1. The van der Waals surface area contributed by atoms with Gasteiger partial charge in [0.25, 0.3) is 0 Å². The normalized spacial score (nSPS) is 20.2. The van der Waals surface area contributed by atoms with Gasteiger partial charge in [-0.3, -0.25) is 0 Å². The number of nitrogens with one attached hydrogen (secondary N) is 1. The molecule has 2 aromatic rings. The molecule has 4 rings (SSSR count). The molecule has 1 saturated heterocycles. The van der Waals surface area contributed by atoms with E-state index in [9.17, 15) is 13.2 Å². The summed E-state index contributed by atoms with van der Waals surface area (Å²) >= 11 is 6.04. The molecule has 164 valence electrons. The minimum atomic E-state index is -3.88. The average molecular weight is 461 g/mol. The third kappa shape index (κ3) is 5.08. The van der Waals surface area contributed by atoms with E-state index in [1.54, 1.807) is 12.1 Å². The molecule has 0 saturated carbocycles. The summed E-state index contributed by atoms with van der Waals surface area (Å²) in [4.78, 5) is 12.8. The summed E-state index contributed by atoms with van der Waals surface area (Å²) in [6.07, 6.45) is 3.23. The van der Waals surface area contributed by atoms with Gasteiger partial charge >= 0.3 is 16.2 Å². The van der Waals surface area contributed by atoms with Crippen molar-refractivity contribution in [1.82, 2.24) is 14.0 Å². The molecule has 1 N–H and O–H groups in total. The summed E-state index contributed by atoms with van der Waals surface area (Å²) in [5.41, 5.74) is 2.64. The standard InChI is InChI=1S/C22H25ClN4O3S/c23-19-11-9-18(10-12-19)21-20(17-7-3-1-4-8-17)13-16-27(24-21)22(28)25-31(29,30)26-14-5-2-6-15-26/h1,3-4,7-12,20H,2,5-6,13-16H2,(H,25,28). The highest BCUT2D eigenvalue weighted by atomic mass is 35.5. The van der Waals surface area contributed by atoms with Crippen LogP contribution in [0.15, 0.2) is 59.7 Å². The maximum absolute atomic E-state index is 12.8. The zero-order valence-electron chi connectivity index (χ0n) is 17.1. The van der Waals surface area contributed by atoms with Crippen molar-refractivity contribution in [3.05, 3.63) is 70.7 Å². The second-order valence-corrected chi connectivity index (χ2v) is 9.85. The Balaban J connectivity index is 1.60. The highest BCUT2D eigenvalue weighted by Crippen LogP contribution is 2.30. The van der Waals surface area contributed by atoms with Crippen LogP contribution in [0.5, 0.6) is 0 Å². The summed E-state index contributed by atoms with van der Waals surface area (Å²) in [7, 11) is -3.88. The third-order valence-corrected chi connectivity index (χ3v) is 7.37. The molecule has 0 aromatic heterocycles. The van der Waals surface area contributed by atoms with E-state index in [0.717, 1.165) is 30.4 Å². The molecule has 0 aliphatic carbocycles. The average Bonchev–Trinajstić information content (AvgIpc) is 2.80. The number of urea groups is 1. The fraction of sp³-hybridized carbons (Fsp3) is 0.364. The fourth-order valence-electron chi connectivity index (χ4n) is 4.01. The lowest BCUT2D eigenvalue weighted by Crippen LogP contribution is -2.50. The van der Waals surface area contributed by atoms with Crippen LogP contribution in [0.25, 0.3) is 0 Å². The van der Waals surface area contributed by atoms with Gasteiger partial charge in [0.15, 0.2) is 0 Å². The molecule has 0 bridgehead atoms. The van der Waals surface area contributed by atoms with Crippen molar-refractivity contribution in [3.63, 3.8) is 0 Å². The largest absolute Gasteiger partial charge is 0.352 e. The summed E-state index contributed by atoms with van der Waals surface area (Å²) in [6, 6.07) is 16.5. The Kier molecular flexibility index (Phi) is 6.60. The number of rotatable bonds is 4. The second-order valence-electron chi connectivity index (χ2n) is 7.74. The molecular weight excluding hydrogens is 436 g/mol. The maximum atomic E-state index is 12.8. The molecule has 1 unspecified atom stereocenters. The van der Waals surface area contributed by atoms with Gasteiger partial charge in [0, 0.05) is 30.6 Å². The number of benzene rings is 2. The van der Waals surface area contributed by atoms with Crippen molar-refractivity contribution < 1.29 is 13.2 Å². The van der Waals surface area contributed by atoms with Gasteiger partial charge in [0.1, 0.15) is 0 Å². The van der Waals surface area contributed by atoms with Gasteiger partial charge in [-0.25, -0.2) is 14.5 Å². The van der Waals surface area contributed by atoms with Crippen molar-refractivity contribution in [2.75, 3.05) is 19.6 Å². The van der Waals surface area contributed by atoms with Crippen LogP contribution < -0.4 is 4.72 Å². The van der Waals surface area contributed by atoms with E-state index >= 15 is 0 Å². The van der Waals surface area contributed by atoms with Crippen molar-refractivity contribution >= 4 is 33.6 Å². The number of halogens is 1. The predicted molar refractivity (Wildman–Crippen MR) is 121 cm³/mol. The van der Waals surface area contributed by atoms with Crippen molar-refractivity contribution in [2.45, 2.75) is 31.6 Å². The Labute approximate surface area is 187 Å². The van der Waals surface area contributed by atoms with Crippen molar-refractivity contribution in [2.24, 2.45) is 5.10 Å². The number of hydrogen-bond donors (Lipinski definition) is 1. The van der Waals surface area contributed by atoms with Gasteiger partial charge in [-0.15, -0.1) is 0 Å². The molecule has 2 aliphatic heterocycles. The Morgan fingerprint density at radius 2 is 1.65 bits per heavy atom. The lowest BCUT2D eigenvalue weighted by Gasteiger charge is -2.31. The number of nitrogens with zero attached hydrogens (tertiary/aromatic N) is 3. The van der Waals surface area contributed by atoms with Crippen LogP contribution in [0.1, 0.15) is 42.7 Å². The summed E-state index contributed by atoms with van der Waals surface area (Å²) in [5.74, 6) is -0.00914. The highest BCUT2D eigenvalue weighted by molar-refractivity contribution is 7.87. The molecule has 1 fully saturated rings. The predicted octanol–water partition coefficient (Wildman–Crippen LogP) is 3.97. The maximum Gasteiger partial charge on any atom is 0.352 e. The quantitative estimate of drug-likeness (QED) is 0.749. The van der Waals surface area contributed by atoms with Gasteiger partial charge in [-0.2, -0.15) is 17.8 Å². The van der Waals surface area contributed by atoms with Gasteiger partial charge in [0.2, 0.25) is 0 Å². The fourth-order valence-corrected chi connectivity index (χ4v) is 5.33. The van der Waals surface area contributed by atoms with E-state index in [0.29, 0.717) is 36.8 Å². The van der Waals surface area contributed by atoms with Crippen LogP contribution in [0.2, 0.25) is 5.02 Å². The van der Waals surface area contributed by atoms with Crippen LogP contribution in [0.4, 0.5) is 4.79 Å². The topological polar surface area (TPSA) is 82.1 Å². The Bertz CT molecular complexity index is 1050. The number of piperidine rings is 1. The monoisotopic (exact) mass is 460 g/mol. The molecule has 0 radical (unpaired) electrons. The number of amides is 2. The van der Waals surface area contributed by atoms with E-state index in [4.69, 9.17) is 11.6 Å². The van der Waals surface area contributed by atoms with E-state index in [1.807, 2.05) is 42.5 Å². The first-order valence-corrected chi connectivity index (χ1v) is 12.2. The summed E-state index contributed by atoms with van der Waals surface area (Å²) in [6.45, 7) is 1.17. The van der Waals surface area contributed by atoms with Gasteiger partial charge in [-0.1, -0.05) is 60.5 Å². The van der Waals surface area contributed by atoms with Crippen LogP contribution in [-0.2, 0) is 10.2 Å². The lowest BCUT2D eigenvalue weighted by atomic mass is 9.86. The summed E-state index contributed by atoms with van der Waals surface area (Å²) < 4.78 is 28.8. The molecular formula is C22H25ClN4O3S. The molecule has 1 atom stereocenters. The third-order valence-electron chi connectivity index (χ3n) is 5.64. The number of carbonyl (C=O) groups is 1. The van der Waals surface area contributed by atoms with Crippen molar-refractivity contribution in [1.29, 1.82) is 0 Å². The van der Waals surface area contributed by atoms with Crippen LogP contribution in [0, 0.1) is 0 Å². The molecule has 2 aliphatic rings. The zero-order chi connectivity index (χ0) is 21.8. The molecule has 7 nitrogen and oxygen atoms in total. The summed E-state index contributed by atoms with van der Waals surface area (Å²) in [5, 5.41) is 6.40. The van der Waals surface area contributed by atoms with Gasteiger partial charge in [0.05, 0.1) is 5.71 Å². The zero-order valence-corrected chi connectivity index (χ0v) is 18.6. The molecule has 2 amide bonds. The molecule has 2 aromatic carbocycles. The van der Waals surface area contributed by atoms with E-state index in [2.05, 4.69) is 9.82 Å². The number of carbonyl (C=O) groups excluding carboxylic acids is 1. The Morgan fingerprint density at radius 3 is 2.32 bits per heavy atom. The molecule has 2 heterocycles. The van der Waals surface area contributed by atoms with Gasteiger partial charge in [-0.05, 0) is 42.5 Å². The van der Waals surface area contributed by atoms with Gasteiger partial charge < -0.3 is 0 Å². The first-order valence-electron chi connectivity index (χ1n) is 10.4. The minimum Gasteiger partial charge on any atom is -0.245 e. The van der Waals surface area contributed by atoms with E-state index < -0.39 is 16.2 Å². The minimum absolute atomic E-state index is 0.00914. The van der Waals surface area contributed by atoms with Crippen LogP contribution in [-0.4, -0.2) is 49.1 Å². The number of hydrogen-bond acceptors (Lipinski definition) is 4.